The number of rotatable bonds is 6. The van der Waals surface area contributed by atoms with Crippen molar-refractivity contribution in [3.05, 3.63) is 54.1 Å². The van der Waals surface area contributed by atoms with Crippen molar-refractivity contribution in [3.63, 3.8) is 0 Å². The number of hydrogen-bond donors (Lipinski definition) is 1. The van der Waals surface area contributed by atoms with Gasteiger partial charge in [-0.3, -0.25) is 4.79 Å². The maximum absolute atomic E-state index is 12.9. The molecule has 1 fully saturated rings. The van der Waals surface area contributed by atoms with Crippen LogP contribution in [0.2, 0.25) is 0 Å². The van der Waals surface area contributed by atoms with Crippen LogP contribution in [0.4, 0.5) is 5.69 Å². The van der Waals surface area contributed by atoms with Crippen molar-refractivity contribution in [2.75, 3.05) is 11.9 Å². The van der Waals surface area contributed by atoms with Gasteiger partial charge in [-0.25, -0.2) is 8.42 Å². The zero-order chi connectivity index (χ0) is 22.7. The van der Waals surface area contributed by atoms with Gasteiger partial charge in [0.05, 0.1) is 4.90 Å². The zero-order valence-electron chi connectivity index (χ0n) is 18.1. The maximum Gasteiger partial charge on any atom is 0.248 e. The highest BCUT2D eigenvalue weighted by Gasteiger charge is 2.30. The number of hydrogen-bond acceptors (Lipinski definition) is 6. The van der Waals surface area contributed by atoms with Crippen molar-refractivity contribution >= 4 is 21.6 Å². The Morgan fingerprint density at radius 2 is 1.81 bits per heavy atom. The molecule has 32 heavy (non-hydrogen) atoms. The first-order valence-corrected chi connectivity index (χ1v) is 12.0. The molecule has 0 bridgehead atoms. The van der Waals surface area contributed by atoms with Crippen LogP contribution in [-0.4, -0.2) is 51.4 Å². The monoisotopic (exact) mass is 454 g/mol. The Labute approximate surface area is 187 Å². The first kappa shape index (κ1) is 22.1. The van der Waals surface area contributed by atoms with Gasteiger partial charge in [0, 0.05) is 23.8 Å². The Morgan fingerprint density at radius 3 is 2.50 bits per heavy atom. The average Bonchev–Trinajstić information content (AvgIpc) is 3.23. The molecule has 1 saturated heterocycles. The summed E-state index contributed by atoms with van der Waals surface area (Å²) in [6.45, 7) is 4.37. The molecule has 2 aromatic carbocycles. The van der Waals surface area contributed by atoms with E-state index in [1.165, 1.54) is 16.9 Å². The summed E-state index contributed by atoms with van der Waals surface area (Å²) < 4.78 is 27.4. The van der Waals surface area contributed by atoms with E-state index in [4.69, 9.17) is 0 Å². The molecule has 3 aromatic rings. The largest absolute Gasteiger partial charge is 0.324 e. The van der Waals surface area contributed by atoms with Gasteiger partial charge < -0.3 is 5.32 Å². The van der Waals surface area contributed by atoms with Gasteiger partial charge >= 0.3 is 0 Å². The first-order chi connectivity index (χ1) is 15.3. The molecule has 1 aliphatic heterocycles. The van der Waals surface area contributed by atoms with Crippen molar-refractivity contribution in [2.45, 2.75) is 50.6 Å². The van der Waals surface area contributed by atoms with Crippen molar-refractivity contribution < 1.29 is 13.2 Å². The summed E-state index contributed by atoms with van der Waals surface area (Å²) in [6.07, 6.45) is 2.79. The van der Waals surface area contributed by atoms with Gasteiger partial charge in [0.15, 0.2) is 0 Å². The second kappa shape index (κ2) is 9.17. The van der Waals surface area contributed by atoms with Crippen LogP contribution in [0.15, 0.2) is 53.4 Å². The summed E-state index contributed by atoms with van der Waals surface area (Å²) in [5.41, 5.74) is 2.45. The standard InChI is InChI=1S/C22H26N6O3S/c1-16-6-8-18(9-7-16)22-24-26-28(25-22)15-21(29)23-19-10-12-20(13-11-19)32(30,31)27-14-4-3-5-17(27)2/h6-13,17H,3-5,14-15H2,1-2H3,(H,23,29)/t17-/m0/s1. The third kappa shape index (κ3) is 4.86. The lowest BCUT2D eigenvalue weighted by atomic mass is 10.1. The van der Waals surface area contributed by atoms with Crippen LogP contribution in [0.25, 0.3) is 11.4 Å². The SMILES string of the molecule is Cc1ccc(-c2nnn(CC(=O)Nc3ccc(S(=O)(=O)N4CCCC[C@@H]4C)cc3)n2)cc1. The van der Waals surface area contributed by atoms with Crippen molar-refractivity contribution in [1.82, 2.24) is 24.5 Å². The fraction of sp³-hybridized carbons (Fsp3) is 0.364. The van der Waals surface area contributed by atoms with Crippen molar-refractivity contribution in [3.8, 4) is 11.4 Å². The molecule has 2 heterocycles. The number of amides is 1. The highest BCUT2D eigenvalue weighted by Crippen LogP contribution is 2.26. The van der Waals surface area contributed by atoms with Crippen molar-refractivity contribution in [1.29, 1.82) is 0 Å². The van der Waals surface area contributed by atoms with Crippen LogP contribution >= 0.6 is 0 Å². The number of aromatic nitrogens is 4. The van der Waals surface area contributed by atoms with Crippen LogP contribution in [0.5, 0.6) is 0 Å². The number of carbonyl (C=O) groups is 1. The quantitative estimate of drug-likeness (QED) is 0.613. The molecule has 1 aliphatic rings. The number of aryl methyl sites for hydroxylation is 1. The highest BCUT2D eigenvalue weighted by molar-refractivity contribution is 7.89. The van der Waals surface area contributed by atoms with E-state index >= 15 is 0 Å². The summed E-state index contributed by atoms with van der Waals surface area (Å²) in [4.78, 5) is 13.8. The highest BCUT2D eigenvalue weighted by atomic mass is 32.2. The van der Waals surface area contributed by atoms with E-state index in [1.54, 1.807) is 16.4 Å². The van der Waals surface area contributed by atoms with Gasteiger partial charge in [-0.2, -0.15) is 9.10 Å². The molecular weight excluding hydrogens is 428 g/mol. The molecule has 0 saturated carbocycles. The number of piperidine rings is 1. The van der Waals surface area contributed by atoms with E-state index < -0.39 is 10.0 Å². The van der Waals surface area contributed by atoms with Crippen LogP contribution < -0.4 is 5.32 Å². The second-order valence-corrected chi connectivity index (χ2v) is 9.93. The van der Waals surface area contributed by atoms with Gasteiger partial charge in [0.2, 0.25) is 21.8 Å². The third-order valence-electron chi connectivity index (χ3n) is 5.53. The van der Waals surface area contributed by atoms with E-state index in [-0.39, 0.29) is 23.4 Å². The molecule has 0 radical (unpaired) electrons. The lowest BCUT2D eigenvalue weighted by molar-refractivity contribution is -0.117. The number of nitrogens with one attached hydrogen (secondary N) is 1. The fourth-order valence-electron chi connectivity index (χ4n) is 3.73. The summed E-state index contributed by atoms with van der Waals surface area (Å²) in [7, 11) is -3.54. The summed E-state index contributed by atoms with van der Waals surface area (Å²) in [6, 6.07) is 13.9. The van der Waals surface area contributed by atoms with Crippen LogP contribution in [0.1, 0.15) is 31.7 Å². The van der Waals surface area contributed by atoms with Gasteiger partial charge in [-0.1, -0.05) is 36.2 Å². The number of tetrazole rings is 1. The van der Waals surface area contributed by atoms with Crippen LogP contribution in [0, 0.1) is 6.92 Å². The fourth-order valence-corrected chi connectivity index (χ4v) is 5.43. The minimum Gasteiger partial charge on any atom is -0.324 e. The van der Waals surface area contributed by atoms with E-state index in [0.717, 1.165) is 30.4 Å². The average molecular weight is 455 g/mol. The van der Waals surface area contributed by atoms with Crippen LogP contribution in [0.3, 0.4) is 0 Å². The van der Waals surface area contributed by atoms with Gasteiger partial charge in [0.1, 0.15) is 6.54 Å². The second-order valence-electron chi connectivity index (χ2n) is 8.04. The smallest absolute Gasteiger partial charge is 0.248 e. The maximum atomic E-state index is 12.9. The molecule has 0 unspecified atom stereocenters. The number of nitrogens with zero attached hydrogens (tertiary/aromatic N) is 5. The summed E-state index contributed by atoms with van der Waals surface area (Å²) in [5, 5.41) is 14.9. The molecule has 1 atom stereocenters. The normalized spacial score (nSPS) is 17.2. The number of carbonyl (C=O) groups excluding carboxylic acids is 1. The Morgan fingerprint density at radius 1 is 1.09 bits per heavy atom. The van der Waals surface area contributed by atoms with E-state index in [1.807, 2.05) is 38.1 Å². The molecule has 0 aliphatic carbocycles. The van der Waals surface area contributed by atoms with Crippen molar-refractivity contribution in [2.24, 2.45) is 0 Å². The predicted molar refractivity (Wildman–Crippen MR) is 120 cm³/mol. The molecule has 9 nitrogen and oxygen atoms in total. The number of sulfonamides is 1. The van der Waals surface area contributed by atoms with E-state index in [9.17, 15) is 13.2 Å². The Balaban J connectivity index is 1.38. The van der Waals surface area contributed by atoms with Gasteiger partial charge in [-0.15, -0.1) is 10.2 Å². The zero-order valence-corrected chi connectivity index (χ0v) is 18.9. The van der Waals surface area contributed by atoms with Gasteiger partial charge in [-0.05, 0) is 56.2 Å². The molecule has 4 rings (SSSR count). The molecule has 0 spiro atoms. The molecule has 1 aromatic heterocycles. The van der Waals surface area contributed by atoms with Crippen LogP contribution in [-0.2, 0) is 21.4 Å². The molecule has 1 N–H and O–H groups in total. The molecule has 10 heteroatoms. The lowest BCUT2D eigenvalue weighted by Crippen LogP contribution is -2.41. The van der Waals surface area contributed by atoms with E-state index in [0.29, 0.717) is 18.1 Å². The van der Waals surface area contributed by atoms with E-state index in [2.05, 4.69) is 20.7 Å². The summed E-state index contributed by atoms with van der Waals surface area (Å²) >= 11 is 0. The predicted octanol–water partition coefficient (Wildman–Crippen LogP) is 2.85. The molecule has 1 amide bonds. The third-order valence-corrected chi connectivity index (χ3v) is 7.56. The minimum absolute atomic E-state index is 0.00638. The Bertz CT molecular complexity index is 1190. The first-order valence-electron chi connectivity index (χ1n) is 10.6. The molecule has 168 valence electrons. The number of anilines is 1. The topological polar surface area (TPSA) is 110 Å². The lowest BCUT2D eigenvalue weighted by Gasteiger charge is -2.32. The Kier molecular flexibility index (Phi) is 6.33. The molecular formula is C22H26N6O3S. The van der Waals surface area contributed by atoms with Gasteiger partial charge in [0.25, 0.3) is 0 Å². The summed E-state index contributed by atoms with van der Waals surface area (Å²) in [5.74, 6) is 0.109. The Hall–Kier alpha value is -3.11. The number of benzene rings is 2. The minimum atomic E-state index is -3.54.